The monoisotopic (exact) mass is 294 g/mol. The molecule has 1 heterocycles. The summed E-state index contributed by atoms with van der Waals surface area (Å²) in [5, 5.41) is 6.43. The molecule has 0 bridgehead atoms. The summed E-state index contributed by atoms with van der Waals surface area (Å²) in [4.78, 5) is 23.2. The Kier molecular flexibility index (Phi) is 5.01. The molecule has 1 aliphatic heterocycles. The van der Waals surface area contributed by atoms with Gasteiger partial charge in [0.25, 0.3) is 0 Å². The summed E-state index contributed by atoms with van der Waals surface area (Å²) in [5.74, 6) is -0.0740. The van der Waals surface area contributed by atoms with Gasteiger partial charge in [-0.05, 0) is 37.5 Å². The Balaban J connectivity index is 1.83. The highest BCUT2D eigenvalue weighted by Crippen LogP contribution is 2.14. The summed E-state index contributed by atoms with van der Waals surface area (Å²) in [7, 11) is 0. The molecule has 2 atom stereocenters. The lowest BCUT2D eigenvalue weighted by Crippen LogP contribution is -2.45. The van der Waals surface area contributed by atoms with Crippen LogP contribution in [-0.4, -0.2) is 24.4 Å². The Hall–Kier alpha value is -1.55. The third kappa shape index (κ3) is 4.23. The number of piperidine rings is 1. The molecule has 1 aromatic carbocycles. The molecule has 0 spiro atoms. The fraction of sp³-hybridized carbons (Fsp3) is 0.467. The van der Waals surface area contributed by atoms with Gasteiger partial charge in [-0.15, -0.1) is 0 Å². The Labute approximate surface area is 123 Å². The Morgan fingerprint density at radius 3 is 3.00 bits per heavy atom. The van der Waals surface area contributed by atoms with Gasteiger partial charge in [-0.1, -0.05) is 23.7 Å². The fourth-order valence-electron chi connectivity index (χ4n) is 2.39. The highest BCUT2D eigenvalue weighted by molar-refractivity contribution is 6.30. The van der Waals surface area contributed by atoms with Crippen molar-refractivity contribution in [2.75, 3.05) is 6.54 Å². The molecule has 2 rings (SSSR count). The van der Waals surface area contributed by atoms with Crippen LogP contribution in [0.25, 0.3) is 0 Å². The van der Waals surface area contributed by atoms with E-state index in [9.17, 15) is 9.59 Å². The summed E-state index contributed by atoms with van der Waals surface area (Å²) >= 11 is 5.94. The molecular formula is C15H19ClN2O2. The molecule has 4 nitrogen and oxygen atoms in total. The number of amides is 2. The van der Waals surface area contributed by atoms with Crippen LogP contribution in [-0.2, 0) is 16.0 Å². The molecule has 0 aliphatic carbocycles. The first-order chi connectivity index (χ1) is 9.54. The lowest BCUT2D eigenvalue weighted by Gasteiger charge is -2.23. The predicted molar refractivity (Wildman–Crippen MR) is 78.5 cm³/mol. The van der Waals surface area contributed by atoms with Gasteiger partial charge < -0.3 is 10.6 Å². The molecule has 2 N–H and O–H groups in total. The Bertz CT molecular complexity index is 494. The number of carbonyl (C=O) groups is 2. The van der Waals surface area contributed by atoms with Crippen molar-refractivity contribution in [1.82, 2.24) is 10.6 Å². The van der Waals surface area contributed by atoms with Crippen LogP contribution < -0.4 is 10.6 Å². The Morgan fingerprint density at radius 1 is 1.55 bits per heavy atom. The normalized spacial score (nSPS) is 20.1. The number of hydrogen-bond donors (Lipinski definition) is 2. The molecule has 0 saturated carbocycles. The first-order valence-electron chi connectivity index (χ1n) is 6.86. The zero-order chi connectivity index (χ0) is 14.5. The number of benzene rings is 1. The van der Waals surface area contributed by atoms with Crippen molar-refractivity contribution in [2.45, 2.75) is 32.2 Å². The summed E-state index contributed by atoms with van der Waals surface area (Å²) < 4.78 is 0. The minimum absolute atomic E-state index is 0.0135. The second-order valence-electron chi connectivity index (χ2n) is 5.28. The molecule has 20 heavy (non-hydrogen) atoms. The van der Waals surface area contributed by atoms with Crippen LogP contribution in [0.2, 0.25) is 5.02 Å². The Morgan fingerprint density at radius 2 is 2.35 bits per heavy atom. The van der Waals surface area contributed by atoms with Crippen LogP contribution in [0.3, 0.4) is 0 Å². The third-order valence-corrected chi connectivity index (χ3v) is 3.69. The fourth-order valence-corrected chi connectivity index (χ4v) is 2.60. The van der Waals surface area contributed by atoms with E-state index in [0.29, 0.717) is 24.4 Å². The van der Waals surface area contributed by atoms with Gasteiger partial charge >= 0.3 is 0 Å². The quantitative estimate of drug-likeness (QED) is 0.891. The van der Waals surface area contributed by atoms with Gasteiger partial charge in [0.15, 0.2) is 0 Å². The zero-order valence-electron chi connectivity index (χ0n) is 11.5. The maximum absolute atomic E-state index is 12.1. The lowest BCUT2D eigenvalue weighted by molar-refractivity contribution is -0.129. The molecule has 108 valence electrons. The summed E-state index contributed by atoms with van der Waals surface area (Å²) in [5.41, 5.74) is 1.10. The molecule has 2 unspecified atom stereocenters. The van der Waals surface area contributed by atoms with Crippen molar-refractivity contribution in [3.05, 3.63) is 34.9 Å². The van der Waals surface area contributed by atoms with E-state index in [1.165, 1.54) is 0 Å². The van der Waals surface area contributed by atoms with Crippen molar-refractivity contribution in [2.24, 2.45) is 5.92 Å². The smallest absolute Gasteiger partial charge is 0.225 e. The van der Waals surface area contributed by atoms with Crippen LogP contribution in [0.4, 0.5) is 0 Å². The second kappa shape index (κ2) is 6.75. The average molecular weight is 295 g/mol. The summed E-state index contributed by atoms with van der Waals surface area (Å²) in [6.07, 6.45) is 1.80. The molecule has 1 aromatic rings. The number of rotatable bonds is 4. The number of hydrogen-bond acceptors (Lipinski definition) is 2. The maximum atomic E-state index is 12.1. The molecule has 1 aliphatic rings. The second-order valence-corrected chi connectivity index (χ2v) is 5.72. The van der Waals surface area contributed by atoms with Gasteiger partial charge in [0.1, 0.15) is 0 Å². The highest BCUT2D eigenvalue weighted by atomic mass is 35.5. The van der Waals surface area contributed by atoms with E-state index in [1.807, 2.05) is 31.2 Å². The van der Waals surface area contributed by atoms with E-state index >= 15 is 0 Å². The van der Waals surface area contributed by atoms with Crippen molar-refractivity contribution in [3.8, 4) is 0 Å². The molecule has 1 saturated heterocycles. The number of nitrogens with one attached hydrogen (secondary N) is 2. The van der Waals surface area contributed by atoms with E-state index in [2.05, 4.69) is 10.6 Å². The van der Waals surface area contributed by atoms with Crippen LogP contribution in [0.15, 0.2) is 24.3 Å². The van der Waals surface area contributed by atoms with E-state index in [1.54, 1.807) is 0 Å². The van der Waals surface area contributed by atoms with Gasteiger partial charge in [0, 0.05) is 24.0 Å². The summed E-state index contributed by atoms with van der Waals surface area (Å²) in [6.45, 7) is 2.41. The number of carbonyl (C=O) groups excluding carboxylic acids is 2. The van der Waals surface area contributed by atoms with Crippen LogP contribution >= 0.6 is 11.6 Å². The van der Waals surface area contributed by atoms with Gasteiger partial charge in [-0.2, -0.15) is 0 Å². The minimum atomic E-state index is -0.116. The zero-order valence-corrected chi connectivity index (χ0v) is 12.2. The average Bonchev–Trinajstić information content (AvgIpc) is 2.39. The van der Waals surface area contributed by atoms with Gasteiger partial charge in [0.2, 0.25) is 11.8 Å². The standard InChI is InChI=1S/C15H19ClN2O2/c1-10(7-11-3-2-4-13(16)8-11)18-15(20)12-5-6-14(19)17-9-12/h2-4,8,10,12H,5-7,9H2,1H3,(H,17,19)(H,18,20). The molecule has 1 fully saturated rings. The SMILES string of the molecule is CC(Cc1cccc(Cl)c1)NC(=O)C1CCC(=O)NC1. The minimum Gasteiger partial charge on any atom is -0.355 e. The van der Waals surface area contributed by atoms with Crippen LogP contribution in [0, 0.1) is 5.92 Å². The first kappa shape index (κ1) is 14.9. The van der Waals surface area contributed by atoms with E-state index < -0.39 is 0 Å². The van der Waals surface area contributed by atoms with Crippen molar-refractivity contribution < 1.29 is 9.59 Å². The first-order valence-corrected chi connectivity index (χ1v) is 7.24. The highest BCUT2D eigenvalue weighted by Gasteiger charge is 2.25. The molecule has 0 aromatic heterocycles. The molecule has 5 heteroatoms. The van der Waals surface area contributed by atoms with Crippen LogP contribution in [0.5, 0.6) is 0 Å². The van der Waals surface area contributed by atoms with Crippen molar-refractivity contribution in [1.29, 1.82) is 0 Å². The topological polar surface area (TPSA) is 58.2 Å². The largest absolute Gasteiger partial charge is 0.355 e. The maximum Gasteiger partial charge on any atom is 0.225 e. The van der Waals surface area contributed by atoms with Crippen LogP contribution in [0.1, 0.15) is 25.3 Å². The van der Waals surface area contributed by atoms with E-state index in [4.69, 9.17) is 11.6 Å². The molecule has 0 radical (unpaired) electrons. The van der Waals surface area contributed by atoms with Crippen molar-refractivity contribution >= 4 is 23.4 Å². The van der Waals surface area contributed by atoms with Gasteiger partial charge in [-0.25, -0.2) is 0 Å². The lowest BCUT2D eigenvalue weighted by atomic mass is 9.97. The van der Waals surface area contributed by atoms with E-state index in [0.717, 1.165) is 12.0 Å². The third-order valence-electron chi connectivity index (χ3n) is 3.46. The van der Waals surface area contributed by atoms with Gasteiger partial charge in [-0.3, -0.25) is 9.59 Å². The predicted octanol–water partition coefficient (Wildman–Crippen LogP) is 1.91. The molecular weight excluding hydrogens is 276 g/mol. The molecule has 2 amide bonds. The number of halogens is 1. The summed E-state index contributed by atoms with van der Waals surface area (Å²) in [6, 6.07) is 7.68. The van der Waals surface area contributed by atoms with E-state index in [-0.39, 0.29) is 23.8 Å². The van der Waals surface area contributed by atoms with Crippen molar-refractivity contribution in [3.63, 3.8) is 0 Å². The van der Waals surface area contributed by atoms with Gasteiger partial charge in [0.05, 0.1) is 5.92 Å².